The monoisotopic (exact) mass is 255 g/mol. The number of hydrogen-bond donors (Lipinski definition) is 0. The van der Waals surface area contributed by atoms with E-state index >= 15 is 0 Å². The molecular formula is C12H21N3O3. The van der Waals surface area contributed by atoms with Crippen LogP contribution in [0.25, 0.3) is 0 Å². The minimum atomic E-state index is -0.453. The van der Waals surface area contributed by atoms with Gasteiger partial charge in [0, 0.05) is 6.61 Å². The highest BCUT2D eigenvalue weighted by Gasteiger charge is 2.25. The van der Waals surface area contributed by atoms with Gasteiger partial charge in [-0.2, -0.15) is 0 Å². The predicted octanol–water partition coefficient (Wildman–Crippen LogP) is 1.58. The summed E-state index contributed by atoms with van der Waals surface area (Å²) in [6.45, 7) is 10.9. The highest BCUT2D eigenvalue weighted by atomic mass is 16.5. The first-order valence-electron chi connectivity index (χ1n) is 6.12. The summed E-state index contributed by atoms with van der Waals surface area (Å²) >= 11 is 0. The normalized spacial score (nSPS) is 11.6. The molecule has 18 heavy (non-hydrogen) atoms. The van der Waals surface area contributed by atoms with Crippen LogP contribution in [-0.4, -0.2) is 39.5 Å². The van der Waals surface area contributed by atoms with Crippen LogP contribution in [-0.2, 0) is 16.0 Å². The molecule has 0 aliphatic carbocycles. The molecule has 1 rings (SSSR count). The Hall–Kier alpha value is -1.43. The molecule has 0 saturated heterocycles. The first-order valence-corrected chi connectivity index (χ1v) is 6.12. The molecule has 0 radical (unpaired) electrons. The molecule has 0 amide bonds. The summed E-state index contributed by atoms with van der Waals surface area (Å²) in [6, 6.07) is 0. The number of esters is 1. The van der Waals surface area contributed by atoms with Crippen molar-refractivity contribution in [3.8, 4) is 0 Å². The van der Waals surface area contributed by atoms with Gasteiger partial charge in [0.25, 0.3) is 0 Å². The molecule has 0 aliphatic rings. The zero-order chi connectivity index (χ0) is 13.8. The molecule has 6 heteroatoms. The third-order valence-corrected chi connectivity index (χ3v) is 2.47. The van der Waals surface area contributed by atoms with Gasteiger partial charge in [-0.25, -0.2) is 4.79 Å². The largest absolute Gasteiger partial charge is 0.460 e. The van der Waals surface area contributed by atoms with Crippen LogP contribution >= 0.6 is 0 Å². The Balaban J connectivity index is 2.94. The van der Waals surface area contributed by atoms with Crippen molar-refractivity contribution >= 4 is 5.97 Å². The van der Waals surface area contributed by atoms with Crippen LogP contribution in [0.4, 0.5) is 0 Å². The summed E-state index contributed by atoms with van der Waals surface area (Å²) in [4.78, 5) is 11.7. The molecule has 1 heterocycles. The predicted molar refractivity (Wildman–Crippen MR) is 66.4 cm³/mol. The third-order valence-electron chi connectivity index (χ3n) is 2.47. The van der Waals surface area contributed by atoms with E-state index in [1.807, 2.05) is 20.8 Å². The third kappa shape index (κ3) is 3.53. The standard InChI is InChI=1S/C12H21N3O3/c1-6-17-11(16)10-14-13-9(3)15(10)8-12(4,5)18-7-2/h6-8H2,1-5H3. The summed E-state index contributed by atoms with van der Waals surface area (Å²) < 4.78 is 12.3. The number of carbonyl (C=O) groups excluding carboxylic acids is 1. The number of carbonyl (C=O) groups is 1. The Morgan fingerprint density at radius 3 is 2.50 bits per heavy atom. The highest BCUT2D eigenvalue weighted by Crippen LogP contribution is 2.15. The van der Waals surface area contributed by atoms with E-state index in [4.69, 9.17) is 9.47 Å². The Morgan fingerprint density at radius 2 is 1.94 bits per heavy atom. The van der Waals surface area contributed by atoms with Gasteiger partial charge < -0.3 is 14.0 Å². The van der Waals surface area contributed by atoms with E-state index < -0.39 is 5.97 Å². The van der Waals surface area contributed by atoms with Crippen LogP contribution in [0.5, 0.6) is 0 Å². The van der Waals surface area contributed by atoms with Crippen LogP contribution in [0, 0.1) is 6.92 Å². The van der Waals surface area contributed by atoms with E-state index in [2.05, 4.69) is 10.2 Å². The molecule has 0 unspecified atom stereocenters. The number of aromatic nitrogens is 3. The zero-order valence-electron chi connectivity index (χ0n) is 11.7. The van der Waals surface area contributed by atoms with Crippen molar-refractivity contribution in [1.29, 1.82) is 0 Å². The van der Waals surface area contributed by atoms with Gasteiger partial charge in [-0.05, 0) is 34.6 Å². The fourth-order valence-corrected chi connectivity index (χ4v) is 1.73. The van der Waals surface area contributed by atoms with Gasteiger partial charge in [-0.1, -0.05) is 0 Å². The van der Waals surface area contributed by atoms with Crippen LogP contribution in [0.15, 0.2) is 0 Å². The maximum absolute atomic E-state index is 11.7. The number of hydrogen-bond acceptors (Lipinski definition) is 5. The van der Waals surface area contributed by atoms with E-state index in [0.717, 1.165) is 0 Å². The van der Waals surface area contributed by atoms with Gasteiger partial charge in [-0.15, -0.1) is 10.2 Å². The molecule has 0 saturated carbocycles. The van der Waals surface area contributed by atoms with E-state index in [-0.39, 0.29) is 11.4 Å². The fraction of sp³-hybridized carbons (Fsp3) is 0.750. The Bertz CT molecular complexity index is 413. The zero-order valence-corrected chi connectivity index (χ0v) is 11.7. The van der Waals surface area contributed by atoms with Crippen molar-refractivity contribution in [1.82, 2.24) is 14.8 Å². The Kier molecular flexibility index (Phi) is 4.84. The average Bonchev–Trinajstić information content (AvgIpc) is 2.60. The lowest BCUT2D eigenvalue weighted by molar-refractivity contribution is -0.0235. The molecule has 0 spiro atoms. The van der Waals surface area contributed by atoms with Crippen LogP contribution in [0.2, 0.25) is 0 Å². The molecule has 1 aromatic heterocycles. The summed E-state index contributed by atoms with van der Waals surface area (Å²) in [5.41, 5.74) is -0.386. The van der Waals surface area contributed by atoms with Gasteiger partial charge in [0.2, 0.25) is 5.82 Å². The lowest BCUT2D eigenvalue weighted by Crippen LogP contribution is -2.32. The molecule has 0 bridgehead atoms. The summed E-state index contributed by atoms with van der Waals surface area (Å²) in [7, 11) is 0. The topological polar surface area (TPSA) is 66.2 Å². The van der Waals surface area contributed by atoms with Gasteiger partial charge in [0.05, 0.1) is 18.8 Å². The maximum atomic E-state index is 11.7. The second-order valence-corrected chi connectivity index (χ2v) is 4.57. The molecule has 0 N–H and O–H groups in total. The smallest absolute Gasteiger partial charge is 0.376 e. The summed E-state index contributed by atoms with van der Waals surface area (Å²) in [5.74, 6) is 0.443. The lowest BCUT2D eigenvalue weighted by Gasteiger charge is -2.25. The maximum Gasteiger partial charge on any atom is 0.376 e. The lowest BCUT2D eigenvalue weighted by atomic mass is 10.1. The molecule has 6 nitrogen and oxygen atoms in total. The fourth-order valence-electron chi connectivity index (χ4n) is 1.73. The highest BCUT2D eigenvalue weighted by molar-refractivity contribution is 5.85. The minimum absolute atomic E-state index is 0.224. The molecular weight excluding hydrogens is 234 g/mol. The molecule has 0 fully saturated rings. The molecule has 1 aromatic rings. The van der Waals surface area contributed by atoms with E-state index in [1.165, 1.54) is 0 Å². The minimum Gasteiger partial charge on any atom is -0.460 e. The summed E-state index contributed by atoms with van der Waals surface area (Å²) in [5, 5.41) is 7.78. The van der Waals surface area contributed by atoms with Crippen molar-refractivity contribution in [2.24, 2.45) is 0 Å². The van der Waals surface area contributed by atoms with Gasteiger partial charge >= 0.3 is 5.97 Å². The second kappa shape index (κ2) is 5.95. The number of ether oxygens (including phenoxy) is 2. The van der Waals surface area contributed by atoms with E-state index in [0.29, 0.717) is 25.6 Å². The molecule has 102 valence electrons. The van der Waals surface area contributed by atoms with Crippen molar-refractivity contribution in [3.05, 3.63) is 11.6 Å². The van der Waals surface area contributed by atoms with E-state index in [1.54, 1.807) is 18.4 Å². The van der Waals surface area contributed by atoms with Gasteiger partial charge in [0.15, 0.2) is 0 Å². The Labute approximate surface area is 107 Å². The number of nitrogens with zero attached hydrogens (tertiary/aromatic N) is 3. The molecule has 0 atom stereocenters. The van der Waals surface area contributed by atoms with Gasteiger partial charge in [-0.3, -0.25) is 0 Å². The molecule has 0 aliphatic heterocycles. The first-order chi connectivity index (χ1) is 8.41. The van der Waals surface area contributed by atoms with Crippen molar-refractivity contribution in [2.45, 2.75) is 46.8 Å². The van der Waals surface area contributed by atoms with Gasteiger partial charge in [0.1, 0.15) is 5.82 Å². The molecule has 0 aromatic carbocycles. The Morgan fingerprint density at radius 1 is 1.28 bits per heavy atom. The first kappa shape index (κ1) is 14.6. The van der Waals surface area contributed by atoms with E-state index in [9.17, 15) is 4.79 Å². The quantitative estimate of drug-likeness (QED) is 0.722. The van der Waals surface area contributed by atoms with Crippen molar-refractivity contribution in [3.63, 3.8) is 0 Å². The second-order valence-electron chi connectivity index (χ2n) is 4.57. The van der Waals surface area contributed by atoms with Crippen molar-refractivity contribution in [2.75, 3.05) is 13.2 Å². The number of rotatable bonds is 6. The summed E-state index contributed by atoms with van der Waals surface area (Å²) in [6.07, 6.45) is 0. The van der Waals surface area contributed by atoms with Crippen LogP contribution in [0.1, 0.15) is 44.1 Å². The van der Waals surface area contributed by atoms with Crippen LogP contribution in [0.3, 0.4) is 0 Å². The van der Waals surface area contributed by atoms with Crippen molar-refractivity contribution < 1.29 is 14.3 Å². The number of aryl methyl sites for hydroxylation is 1. The average molecular weight is 255 g/mol. The SMILES string of the molecule is CCOC(=O)c1nnc(C)n1CC(C)(C)OCC. The van der Waals surface area contributed by atoms with Crippen LogP contribution < -0.4 is 0 Å².